The lowest BCUT2D eigenvalue weighted by Crippen LogP contribution is -2.23. The van der Waals surface area contributed by atoms with Crippen LogP contribution < -0.4 is 11.0 Å². The predicted molar refractivity (Wildman–Crippen MR) is 135 cm³/mol. The highest BCUT2D eigenvalue weighted by atomic mass is 35.5. The van der Waals surface area contributed by atoms with E-state index in [1.807, 2.05) is 74.5 Å². The minimum atomic E-state index is -0.173. The van der Waals surface area contributed by atoms with Crippen molar-refractivity contribution in [3.63, 3.8) is 0 Å². The Morgan fingerprint density at radius 2 is 1.73 bits per heavy atom. The summed E-state index contributed by atoms with van der Waals surface area (Å²) < 4.78 is 1.54. The summed E-state index contributed by atoms with van der Waals surface area (Å²) in [6, 6.07) is 22.8. The molecule has 0 atom stereocenters. The second-order valence-corrected chi connectivity index (χ2v) is 8.17. The Balaban J connectivity index is 1.59. The number of anilines is 1. The van der Waals surface area contributed by atoms with Gasteiger partial charge in [0.2, 0.25) is 5.95 Å². The molecule has 5 aromatic rings. The molecule has 3 aromatic carbocycles. The number of halogens is 1. The van der Waals surface area contributed by atoms with Crippen molar-refractivity contribution in [1.29, 1.82) is 0 Å². The van der Waals surface area contributed by atoms with E-state index in [4.69, 9.17) is 11.6 Å². The first-order valence-corrected chi connectivity index (χ1v) is 10.8. The van der Waals surface area contributed by atoms with Crippen molar-refractivity contribution in [1.82, 2.24) is 14.5 Å². The Bertz CT molecular complexity index is 1610. The highest BCUT2D eigenvalue weighted by Gasteiger charge is 2.14. The number of para-hydroxylation sites is 2. The molecule has 162 valence electrons. The van der Waals surface area contributed by atoms with Gasteiger partial charge in [0, 0.05) is 10.9 Å². The third-order valence-corrected chi connectivity index (χ3v) is 5.76. The van der Waals surface area contributed by atoms with Gasteiger partial charge in [-0.05, 0) is 55.3 Å². The van der Waals surface area contributed by atoms with Gasteiger partial charge < -0.3 is 0 Å². The van der Waals surface area contributed by atoms with Crippen molar-refractivity contribution in [3.05, 3.63) is 105 Å². The molecule has 33 heavy (non-hydrogen) atoms. The van der Waals surface area contributed by atoms with Crippen molar-refractivity contribution in [3.8, 4) is 5.69 Å². The van der Waals surface area contributed by atoms with Crippen molar-refractivity contribution < 1.29 is 0 Å². The van der Waals surface area contributed by atoms with E-state index < -0.39 is 0 Å². The first kappa shape index (κ1) is 20.8. The summed E-state index contributed by atoms with van der Waals surface area (Å²) in [6.45, 7) is 3.96. The third kappa shape index (κ3) is 3.97. The van der Waals surface area contributed by atoms with Crippen LogP contribution in [-0.4, -0.2) is 20.7 Å². The van der Waals surface area contributed by atoms with E-state index in [2.05, 4.69) is 20.5 Å². The average Bonchev–Trinajstić information content (AvgIpc) is 2.80. The first-order valence-electron chi connectivity index (χ1n) is 10.4. The molecular formula is C26H20ClN5O. The number of fused-ring (bicyclic) bond motifs is 2. The molecule has 0 saturated heterocycles. The van der Waals surface area contributed by atoms with Gasteiger partial charge in [-0.25, -0.2) is 20.0 Å². The third-order valence-electron chi connectivity index (χ3n) is 5.45. The maximum atomic E-state index is 13.4. The Hall–Kier alpha value is -4.03. The van der Waals surface area contributed by atoms with E-state index in [-0.39, 0.29) is 5.56 Å². The molecular weight excluding hydrogens is 434 g/mol. The number of hydrazone groups is 1. The summed E-state index contributed by atoms with van der Waals surface area (Å²) in [4.78, 5) is 22.5. The van der Waals surface area contributed by atoms with Crippen LogP contribution in [0.3, 0.4) is 0 Å². The van der Waals surface area contributed by atoms with Crippen LogP contribution in [0.2, 0.25) is 5.15 Å². The van der Waals surface area contributed by atoms with Crippen molar-refractivity contribution in [2.24, 2.45) is 5.10 Å². The van der Waals surface area contributed by atoms with Crippen LogP contribution in [0.1, 0.15) is 16.7 Å². The van der Waals surface area contributed by atoms with Gasteiger partial charge in [0.15, 0.2) is 0 Å². The molecule has 5 rings (SSSR count). The molecule has 7 heteroatoms. The summed E-state index contributed by atoms with van der Waals surface area (Å²) in [6.07, 6.45) is 1.58. The highest BCUT2D eigenvalue weighted by Crippen LogP contribution is 2.21. The maximum absolute atomic E-state index is 13.4. The Kier molecular flexibility index (Phi) is 5.36. The Morgan fingerprint density at radius 1 is 0.939 bits per heavy atom. The monoisotopic (exact) mass is 453 g/mol. The Morgan fingerprint density at radius 3 is 2.58 bits per heavy atom. The molecule has 0 amide bonds. The fraction of sp³-hybridized carbons (Fsp3) is 0.0769. The summed E-state index contributed by atoms with van der Waals surface area (Å²) in [5.74, 6) is 0.310. The van der Waals surface area contributed by atoms with Crippen LogP contribution >= 0.6 is 11.6 Å². The fourth-order valence-corrected chi connectivity index (χ4v) is 3.96. The summed E-state index contributed by atoms with van der Waals surface area (Å²) in [5, 5.41) is 6.19. The molecule has 0 aliphatic rings. The van der Waals surface area contributed by atoms with Gasteiger partial charge >= 0.3 is 0 Å². The van der Waals surface area contributed by atoms with E-state index in [9.17, 15) is 4.79 Å². The van der Waals surface area contributed by atoms with Gasteiger partial charge in [0.25, 0.3) is 5.56 Å². The fourth-order valence-electron chi connectivity index (χ4n) is 3.77. The Labute approximate surface area is 195 Å². The van der Waals surface area contributed by atoms with Crippen LogP contribution in [-0.2, 0) is 0 Å². The lowest BCUT2D eigenvalue weighted by Gasteiger charge is -2.14. The van der Waals surface area contributed by atoms with E-state index in [0.717, 1.165) is 27.7 Å². The topological polar surface area (TPSA) is 72.2 Å². The molecule has 0 aliphatic heterocycles. The number of rotatable bonds is 4. The van der Waals surface area contributed by atoms with Crippen molar-refractivity contribution in [2.75, 3.05) is 5.43 Å². The largest absolute Gasteiger partial charge is 0.268 e. The van der Waals surface area contributed by atoms with Crippen LogP contribution in [0.15, 0.2) is 82.7 Å². The minimum absolute atomic E-state index is 0.173. The number of nitrogens with one attached hydrogen (secondary N) is 1. The quantitative estimate of drug-likeness (QED) is 0.217. The number of pyridine rings is 1. The first-order chi connectivity index (χ1) is 16.0. The molecule has 0 radical (unpaired) electrons. The summed E-state index contributed by atoms with van der Waals surface area (Å²) >= 11 is 6.39. The maximum Gasteiger partial charge on any atom is 0.267 e. The number of nitrogens with zero attached hydrogens (tertiary/aromatic N) is 4. The van der Waals surface area contributed by atoms with Crippen LogP contribution in [0, 0.1) is 13.8 Å². The van der Waals surface area contributed by atoms with Crippen molar-refractivity contribution in [2.45, 2.75) is 13.8 Å². The lowest BCUT2D eigenvalue weighted by molar-refractivity contribution is 0.947. The van der Waals surface area contributed by atoms with E-state index >= 15 is 0 Å². The van der Waals surface area contributed by atoms with Gasteiger partial charge in [0.1, 0.15) is 5.15 Å². The zero-order chi connectivity index (χ0) is 22.9. The van der Waals surface area contributed by atoms with Crippen molar-refractivity contribution >= 4 is 45.6 Å². The zero-order valence-corrected chi connectivity index (χ0v) is 18.8. The number of hydrogen-bond donors (Lipinski definition) is 1. The van der Waals surface area contributed by atoms with Crippen LogP contribution in [0.5, 0.6) is 0 Å². The van der Waals surface area contributed by atoms with Gasteiger partial charge in [-0.2, -0.15) is 5.10 Å². The molecule has 6 nitrogen and oxygen atoms in total. The number of aromatic nitrogens is 3. The van der Waals surface area contributed by atoms with E-state index in [1.54, 1.807) is 18.3 Å². The molecule has 0 aliphatic carbocycles. The number of hydrogen-bond acceptors (Lipinski definition) is 5. The second-order valence-electron chi connectivity index (χ2n) is 7.81. The molecule has 0 bridgehead atoms. The number of aryl methyl sites for hydroxylation is 2. The average molecular weight is 454 g/mol. The molecule has 0 fully saturated rings. The normalized spacial score (nSPS) is 11.5. The van der Waals surface area contributed by atoms with E-state index in [0.29, 0.717) is 27.6 Å². The second kappa shape index (κ2) is 8.48. The zero-order valence-electron chi connectivity index (χ0n) is 18.1. The SMILES string of the molecule is Cc1ccc2cc(/C=N/Nc3nc4ccccc4c(=O)n3-c3ccccc3C)c(Cl)nc2c1. The standard InChI is InChI=1S/C26H20ClN5O/c1-16-11-12-18-14-19(24(27)29-22(18)13-16)15-28-31-26-30-21-9-5-4-8-20(21)25(33)32(26)23-10-6-3-7-17(23)2/h3-15H,1-2H3,(H,30,31)/b28-15+. The predicted octanol–water partition coefficient (Wildman–Crippen LogP) is 5.65. The molecule has 0 saturated carbocycles. The summed E-state index contributed by atoms with van der Waals surface area (Å²) in [5.41, 5.74) is 7.64. The van der Waals surface area contributed by atoms with Crippen LogP contribution in [0.4, 0.5) is 5.95 Å². The summed E-state index contributed by atoms with van der Waals surface area (Å²) in [7, 11) is 0. The molecule has 0 unspecified atom stereocenters. The van der Waals surface area contributed by atoms with Gasteiger partial charge in [-0.1, -0.05) is 54.1 Å². The lowest BCUT2D eigenvalue weighted by atomic mass is 10.1. The molecule has 2 aromatic heterocycles. The van der Waals surface area contributed by atoms with Gasteiger partial charge in [-0.3, -0.25) is 4.79 Å². The van der Waals surface area contributed by atoms with Crippen LogP contribution in [0.25, 0.3) is 27.5 Å². The van der Waals surface area contributed by atoms with Gasteiger partial charge in [-0.15, -0.1) is 0 Å². The highest BCUT2D eigenvalue weighted by molar-refractivity contribution is 6.32. The molecule has 2 heterocycles. The van der Waals surface area contributed by atoms with Gasteiger partial charge in [0.05, 0.1) is 28.3 Å². The smallest absolute Gasteiger partial charge is 0.267 e. The molecule has 1 N–H and O–H groups in total. The minimum Gasteiger partial charge on any atom is -0.268 e. The molecule has 0 spiro atoms. The van der Waals surface area contributed by atoms with E-state index in [1.165, 1.54) is 4.57 Å². The number of benzene rings is 3.